The number of benzene rings is 1. The summed E-state index contributed by atoms with van der Waals surface area (Å²) in [6.07, 6.45) is 1.65. The molecule has 3 nitrogen and oxygen atoms in total. The number of anilines is 1. The molecule has 4 heteroatoms. The lowest BCUT2D eigenvalue weighted by Crippen LogP contribution is -2.19. The summed E-state index contributed by atoms with van der Waals surface area (Å²) in [5.41, 5.74) is 7.68. The van der Waals surface area contributed by atoms with Crippen LogP contribution in [0.1, 0.15) is 17.2 Å². The van der Waals surface area contributed by atoms with E-state index in [1.807, 2.05) is 19.2 Å². The van der Waals surface area contributed by atoms with Gasteiger partial charge in [0.1, 0.15) is 11.6 Å². The van der Waals surface area contributed by atoms with Crippen LogP contribution >= 0.6 is 0 Å². The molecule has 1 heterocycles. The largest absolute Gasteiger partial charge is 0.383 e. The normalized spacial score (nSPS) is 12.4. The zero-order valence-electron chi connectivity index (χ0n) is 9.52. The molecule has 1 aromatic heterocycles. The molecular formula is C13H14FN3. The predicted molar refractivity (Wildman–Crippen MR) is 66.0 cm³/mol. The van der Waals surface area contributed by atoms with Crippen molar-refractivity contribution in [2.45, 2.75) is 6.04 Å². The fraction of sp³-hybridized carbons (Fsp3) is 0.154. The number of rotatable bonds is 3. The van der Waals surface area contributed by atoms with E-state index < -0.39 is 0 Å². The molecule has 17 heavy (non-hydrogen) atoms. The van der Waals surface area contributed by atoms with Crippen molar-refractivity contribution < 1.29 is 4.39 Å². The summed E-state index contributed by atoms with van der Waals surface area (Å²) >= 11 is 0. The first kappa shape index (κ1) is 11.5. The Balaban J connectivity index is 2.40. The summed E-state index contributed by atoms with van der Waals surface area (Å²) in [6.45, 7) is 0. The number of hydrogen-bond donors (Lipinski definition) is 2. The Morgan fingerprint density at radius 3 is 2.53 bits per heavy atom. The topological polar surface area (TPSA) is 50.9 Å². The zero-order valence-corrected chi connectivity index (χ0v) is 9.52. The minimum atomic E-state index is -0.247. The van der Waals surface area contributed by atoms with Gasteiger partial charge in [0.25, 0.3) is 0 Å². The molecular weight excluding hydrogens is 217 g/mol. The van der Waals surface area contributed by atoms with Crippen molar-refractivity contribution in [3.63, 3.8) is 0 Å². The average molecular weight is 231 g/mol. The van der Waals surface area contributed by atoms with Gasteiger partial charge in [-0.1, -0.05) is 18.2 Å². The van der Waals surface area contributed by atoms with Crippen molar-refractivity contribution in [1.82, 2.24) is 10.3 Å². The Bertz CT molecular complexity index is 496. The minimum Gasteiger partial charge on any atom is -0.383 e. The van der Waals surface area contributed by atoms with Gasteiger partial charge in [0.05, 0.1) is 6.04 Å². The van der Waals surface area contributed by atoms with E-state index in [2.05, 4.69) is 10.3 Å². The smallest absolute Gasteiger partial charge is 0.128 e. The number of nitrogens with zero attached hydrogens (tertiary/aromatic N) is 1. The number of hydrogen-bond acceptors (Lipinski definition) is 3. The molecule has 3 N–H and O–H groups in total. The number of nitrogens with two attached hydrogens (primary N) is 1. The lowest BCUT2D eigenvalue weighted by molar-refractivity contribution is 0.623. The van der Waals surface area contributed by atoms with Crippen LogP contribution in [-0.2, 0) is 0 Å². The van der Waals surface area contributed by atoms with Crippen LogP contribution < -0.4 is 11.1 Å². The van der Waals surface area contributed by atoms with Crippen LogP contribution in [0.4, 0.5) is 10.2 Å². The van der Waals surface area contributed by atoms with Crippen LogP contribution in [0.15, 0.2) is 42.6 Å². The summed E-state index contributed by atoms with van der Waals surface area (Å²) in [6, 6.07) is 10.0. The molecule has 0 saturated carbocycles. The molecule has 0 aliphatic heterocycles. The van der Waals surface area contributed by atoms with Crippen molar-refractivity contribution in [2.75, 3.05) is 12.8 Å². The summed E-state index contributed by atoms with van der Waals surface area (Å²) in [7, 11) is 1.83. The van der Waals surface area contributed by atoms with E-state index in [1.54, 1.807) is 18.3 Å². The Morgan fingerprint density at radius 1 is 1.24 bits per heavy atom. The summed E-state index contributed by atoms with van der Waals surface area (Å²) in [4.78, 5) is 4.05. The van der Waals surface area contributed by atoms with Gasteiger partial charge >= 0.3 is 0 Å². The molecule has 0 radical (unpaired) electrons. The van der Waals surface area contributed by atoms with Crippen molar-refractivity contribution >= 4 is 5.82 Å². The maximum Gasteiger partial charge on any atom is 0.128 e. The highest BCUT2D eigenvalue weighted by Crippen LogP contribution is 2.24. The lowest BCUT2D eigenvalue weighted by Gasteiger charge is -2.18. The van der Waals surface area contributed by atoms with Crippen LogP contribution in [-0.4, -0.2) is 12.0 Å². The molecule has 1 atom stereocenters. The Labute approximate surface area is 99.5 Å². The minimum absolute atomic E-state index is 0.0794. The molecule has 0 spiro atoms. The zero-order chi connectivity index (χ0) is 12.3. The van der Waals surface area contributed by atoms with E-state index in [0.29, 0.717) is 5.82 Å². The third-order valence-corrected chi connectivity index (χ3v) is 2.67. The number of aromatic nitrogens is 1. The van der Waals surface area contributed by atoms with E-state index in [0.717, 1.165) is 11.1 Å². The van der Waals surface area contributed by atoms with Crippen molar-refractivity contribution in [2.24, 2.45) is 0 Å². The molecule has 88 valence electrons. The van der Waals surface area contributed by atoms with E-state index in [-0.39, 0.29) is 11.9 Å². The van der Waals surface area contributed by atoms with Gasteiger partial charge in [-0.15, -0.1) is 0 Å². The van der Waals surface area contributed by atoms with E-state index in [4.69, 9.17) is 5.73 Å². The first-order chi connectivity index (χ1) is 8.22. The molecule has 1 aromatic carbocycles. The Morgan fingerprint density at radius 2 is 1.94 bits per heavy atom. The summed E-state index contributed by atoms with van der Waals surface area (Å²) in [5, 5.41) is 3.15. The molecule has 0 fully saturated rings. The number of pyridine rings is 1. The van der Waals surface area contributed by atoms with Crippen LogP contribution in [0.2, 0.25) is 0 Å². The fourth-order valence-corrected chi connectivity index (χ4v) is 1.83. The molecule has 0 amide bonds. The molecule has 0 aliphatic carbocycles. The van der Waals surface area contributed by atoms with E-state index >= 15 is 0 Å². The van der Waals surface area contributed by atoms with Crippen molar-refractivity contribution in [3.8, 4) is 0 Å². The maximum atomic E-state index is 12.9. The van der Waals surface area contributed by atoms with E-state index in [9.17, 15) is 4.39 Å². The monoisotopic (exact) mass is 231 g/mol. The average Bonchev–Trinajstić information content (AvgIpc) is 2.35. The highest BCUT2D eigenvalue weighted by molar-refractivity contribution is 5.45. The Hall–Kier alpha value is -1.94. The summed E-state index contributed by atoms with van der Waals surface area (Å²) < 4.78 is 12.9. The molecule has 0 bridgehead atoms. The number of nitrogen functional groups attached to an aromatic ring is 1. The first-order valence-corrected chi connectivity index (χ1v) is 5.35. The molecule has 2 aromatic rings. The van der Waals surface area contributed by atoms with Gasteiger partial charge in [0.2, 0.25) is 0 Å². The van der Waals surface area contributed by atoms with Crippen molar-refractivity contribution in [1.29, 1.82) is 0 Å². The van der Waals surface area contributed by atoms with Crippen LogP contribution in [0.5, 0.6) is 0 Å². The maximum absolute atomic E-state index is 12.9. The van der Waals surface area contributed by atoms with Crippen LogP contribution in [0.3, 0.4) is 0 Å². The molecule has 1 unspecified atom stereocenters. The van der Waals surface area contributed by atoms with Gasteiger partial charge in [-0.3, -0.25) is 0 Å². The van der Waals surface area contributed by atoms with Crippen molar-refractivity contribution in [3.05, 3.63) is 59.5 Å². The van der Waals surface area contributed by atoms with Crippen LogP contribution in [0, 0.1) is 5.82 Å². The Kier molecular flexibility index (Phi) is 3.35. The quantitative estimate of drug-likeness (QED) is 0.850. The van der Waals surface area contributed by atoms with Gasteiger partial charge in [-0.25, -0.2) is 9.37 Å². The second-order valence-corrected chi connectivity index (χ2v) is 3.75. The number of halogens is 1. The van der Waals surface area contributed by atoms with Gasteiger partial charge in [-0.2, -0.15) is 0 Å². The lowest BCUT2D eigenvalue weighted by atomic mass is 9.99. The van der Waals surface area contributed by atoms with Gasteiger partial charge in [0.15, 0.2) is 0 Å². The SMILES string of the molecule is CNC(c1ccc(F)cc1)c1cccnc1N. The second-order valence-electron chi connectivity index (χ2n) is 3.75. The third kappa shape index (κ3) is 2.42. The van der Waals surface area contributed by atoms with Gasteiger partial charge < -0.3 is 11.1 Å². The first-order valence-electron chi connectivity index (χ1n) is 5.35. The van der Waals surface area contributed by atoms with Gasteiger partial charge in [-0.05, 0) is 30.8 Å². The molecule has 0 aliphatic rings. The predicted octanol–water partition coefficient (Wildman–Crippen LogP) is 2.11. The standard InChI is InChI=1S/C13H14FN3/c1-16-12(9-4-6-10(14)7-5-9)11-3-2-8-17-13(11)15/h2-8,12,16H,1H3,(H2,15,17). The fourth-order valence-electron chi connectivity index (χ4n) is 1.83. The summed E-state index contributed by atoms with van der Waals surface area (Å²) in [5.74, 6) is 0.235. The molecule has 0 saturated heterocycles. The van der Waals surface area contributed by atoms with Gasteiger partial charge in [0, 0.05) is 11.8 Å². The second kappa shape index (κ2) is 4.93. The van der Waals surface area contributed by atoms with Crippen LogP contribution in [0.25, 0.3) is 0 Å². The highest BCUT2D eigenvalue weighted by Gasteiger charge is 2.14. The van der Waals surface area contributed by atoms with E-state index in [1.165, 1.54) is 12.1 Å². The molecule has 2 rings (SSSR count). The highest BCUT2D eigenvalue weighted by atomic mass is 19.1. The number of nitrogens with one attached hydrogen (secondary N) is 1. The third-order valence-electron chi connectivity index (χ3n) is 2.67.